The van der Waals surface area contributed by atoms with Crippen molar-refractivity contribution in [2.75, 3.05) is 5.32 Å². The van der Waals surface area contributed by atoms with Crippen LogP contribution in [0.2, 0.25) is 0 Å². The highest BCUT2D eigenvalue weighted by Crippen LogP contribution is 2.21. The van der Waals surface area contributed by atoms with Crippen LogP contribution in [-0.4, -0.2) is 9.97 Å². The second-order valence-electron chi connectivity index (χ2n) is 3.03. The fraction of sp³-hybridized carbons (Fsp3) is 0.0909. The molecule has 1 aromatic heterocycles. The summed E-state index contributed by atoms with van der Waals surface area (Å²) in [6, 6.07) is 9.89. The van der Waals surface area contributed by atoms with Crippen LogP contribution in [0.1, 0.15) is 5.69 Å². The number of hydrogen-bond acceptors (Lipinski definition) is 3. The quantitative estimate of drug-likeness (QED) is 0.926. The van der Waals surface area contributed by atoms with Gasteiger partial charge in [0, 0.05) is 16.4 Å². The van der Waals surface area contributed by atoms with E-state index >= 15 is 0 Å². The molecule has 1 aromatic carbocycles. The van der Waals surface area contributed by atoms with Crippen LogP contribution in [0.5, 0.6) is 0 Å². The van der Waals surface area contributed by atoms with Crippen molar-refractivity contribution in [2.45, 2.75) is 6.54 Å². The number of rotatable bonds is 3. The maximum Gasteiger partial charge on any atom is 0.115 e. The van der Waals surface area contributed by atoms with Gasteiger partial charge in [0.1, 0.15) is 6.33 Å². The Labute approximate surface area is 96.7 Å². The Balaban J connectivity index is 2.03. The minimum Gasteiger partial charge on any atom is -0.378 e. The number of halogens is 1. The monoisotopic (exact) mass is 263 g/mol. The van der Waals surface area contributed by atoms with Gasteiger partial charge >= 0.3 is 0 Å². The zero-order valence-corrected chi connectivity index (χ0v) is 9.61. The zero-order chi connectivity index (χ0) is 10.5. The van der Waals surface area contributed by atoms with Crippen LogP contribution >= 0.6 is 15.9 Å². The summed E-state index contributed by atoms with van der Waals surface area (Å²) in [5, 5.41) is 3.29. The molecule has 1 N–H and O–H groups in total. The predicted molar refractivity (Wildman–Crippen MR) is 63.5 cm³/mol. The van der Waals surface area contributed by atoms with Gasteiger partial charge in [-0.25, -0.2) is 9.97 Å². The summed E-state index contributed by atoms with van der Waals surface area (Å²) in [6.45, 7) is 0.700. The van der Waals surface area contributed by atoms with E-state index in [4.69, 9.17) is 0 Å². The van der Waals surface area contributed by atoms with Crippen LogP contribution in [-0.2, 0) is 6.54 Å². The highest BCUT2D eigenvalue weighted by atomic mass is 79.9. The number of nitrogens with one attached hydrogen (secondary N) is 1. The third-order valence-corrected chi connectivity index (χ3v) is 2.67. The third-order valence-electron chi connectivity index (χ3n) is 1.98. The highest BCUT2D eigenvalue weighted by Gasteiger charge is 1.97. The van der Waals surface area contributed by atoms with Crippen LogP contribution in [0.15, 0.2) is 47.3 Å². The van der Waals surface area contributed by atoms with Crippen molar-refractivity contribution in [3.8, 4) is 0 Å². The van der Waals surface area contributed by atoms with Gasteiger partial charge in [0.2, 0.25) is 0 Å². The van der Waals surface area contributed by atoms with Crippen molar-refractivity contribution in [2.24, 2.45) is 0 Å². The second kappa shape index (κ2) is 4.89. The number of hydrogen-bond donors (Lipinski definition) is 1. The van der Waals surface area contributed by atoms with Gasteiger partial charge in [0.25, 0.3) is 0 Å². The molecule has 15 heavy (non-hydrogen) atoms. The van der Waals surface area contributed by atoms with Gasteiger partial charge in [-0.15, -0.1) is 0 Å². The van der Waals surface area contributed by atoms with E-state index in [0.717, 1.165) is 15.9 Å². The second-order valence-corrected chi connectivity index (χ2v) is 3.89. The molecule has 0 fully saturated rings. The summed E-state index contributed by atoms with van der Waals surface area (Å²) in [5.74, 6) is 0. The van der Waals surface area contributed by atoms with Crippen molar-refractivity contribution < 1.29 is 0 Å². The van der Waals surface area contributed by atoms with E-state index in [0.29, 0.717) is 6.54 Å². The molecule has 0 atom stereocenters. The molecule has 0 saturated heterocycles. The lowest BCUT2D eigenvalue weighted by molar-refractivity contribution is 1.01. The average molecular weight is 264 g/mol. The first-order valence-electron chi connectivity index (χ1n) is 4.59. The van der Waals surface area contributed by atoms with E-state index in [9.17, 15) is 0 Å². The lowest BCUT2D eigenvalue weighted by Gasteiger charge is -2.07. The maximum absolute atomic E-state index is 4.13. The lowest BCUT2D eigenvalue weighted by atomic mass is 10.3. The minimum atomic E-state index is 0.700. The normalized spacial score (nSPS) is 9.93. The molecule has 0 radical (unpaired) electrons. The Morgan fingerprint density at radius 2 is 2.07 bits per heavy atom. The van der Waals surface area contributed by atoms with Gasteiger partial charge in [-0.2, -0.15) is 0 Å². The molecule has 0 aliphatic rings. The number of nitrogens with zero attached hydrogens (tertiary/aromatic N) is 2. The topological polar surface area (TPSA) is 37.8 Å². The Morgan fingerprint density at radius 1 is 1.20 bits per heavy atom. The van der Waals surface area contributed by atoms with Gasteiger partial charge in [-0.3, -0.25) is 0 Å². The molecule has 2 rings (SSSR count). The first kappa shape index (κ1) is 10.1. The molecule has 4 heteroatoms. The Morgan fingerprint density at radius 3 is 2.80 bits per heavy atom. The summed E-state index contributed by atoms with van der Waals surface area (Å²) in [5.41, 5.74) is 2.04. The number of anilines is 1. The standard InChI is InChI=1S/C11H10BrN3/c12-10-3-1-2-4-11(10)14-7-9-5-6-13-8-15-9/h1-6,8,14H,7H2. The zero-order valence-electron chi connectivity index (χ0n) is 8.02. The van der Waals surface area contributed by atoms with Crippen LogP contribution in [0.4, 0.5) is 5.69 Å². The van der Waals surface area contributed by atoms with E-state index < -0.39 is 0 Å². The number of benzene rings is 1. The molecule has 0 bridgehead atoms. The molecule has 2 aromatic rings. The summed E-state index contributed by atoms with van der Waals surface area (Å²) in [7, 11) is 0. The van der Waals surface area contributed by atoms with Crippen LogP contribution in [0.3, 0.4) is 0 Å². The molecular weight excluding hydrogens is 254 g/mol. The third kappa shape index (κ3) is 2.76. The number of para-hydroxylation sites is 1. The molecule has 0 saturated carbocycles. The van der Waals surface area contributed by atoms with E-state index in [1.54, 1.807) is 12.5 Å². The fourth-order valence-electron chi connectivity index (χ4n) is 1.21. The van der Waals surface area contributed by atoms with Crippen molar-refractivity contribution in [3.05, 3.63) is 53.0 Å². The predicted octanol–water partition coefficient (Wildman–Crippen LogP) is 2.85. The Kier molecular flexibility index (Phi) is 3.29. The van der Waals surface area contributed by atoms with Crippen molar-refractivity contribution in [1.82, 2.24) is 9.97 Å². The van der Waals surface area contributed by atoms with E-state index in [-0.39, 0.29) is 0 Å². The largest absolute Gasteiger partial charge is 0.378 e. The van der Waals surface area contributed by atoms with Crippen molar-refractivity contribution in [1.29, 1.82) is 0 Å². The smallest absolute Gasteiger partial charge is 0.115 e. The summed E-state index contributed by atoms with van der Waals surface area (Å²) in [4.78, 5) is 8.00. The number of aromatic nitrogens is 2. The Bertz CT molecular complexity index is 431. The Hall–Kier alpha value is -1.42. The highest BCUT2D eigenvalue weighted by molar-refractivity contribution is 9.10. The maximum atomic E-state index is 4.13. The SMILES string of the molecule is Brc1ccccc1NCc1ccncn1. The average Bonchev–Trinajstić information content (AvgIpc) is 2.29. The van der Waals surface area contributed by atoms with Gasteiger partial charge in [0.15, 0.2) is 0 Å². The lowest BCUT2D eigenvalue weighted by Crippen LogP contribution is -2.01. The molecule has 3 nitrogen and oxygen atoms in total. The first-order valence-corrected chi connectivity index (χ1v) is 5.39. The molecule has 0 amide bonds. The van der Waals surface area contributed by atoms with Gasteiger partial charge in [-0.1, -0.05) is 12.1 Å². The van der Waals surface area contributed by atoms with Crippen molar-refractivity contribution >= 4 is 21.6 Å². The molecule has 0 aliphatic heterocycles. The molecule has 0 spiro atoms. The van der Waals surface area contributed by atoms with Gasteiger partial charge < -0.3 is 5.32 Å². The summed E-state index contributed by atoms with van der Waals surface area (Å²) in [6.07, 6.45) is 3.29. The van der Waals surface area contributed by atoms with Crippen LogP contribution < -0.4 is 5.32 Å². The minimum absolute atomic E-state index is 0.700. The van der Waals surface area contributed by atoms with E-state index in [1.165, 1.54) is 0 Å². The molecule has 0 aliphatic carbocycles. The van der Waals surface area contributed by atoms with Crippen molar-refractivity contribution in [3.63, 3.8) is 0 Å². The molecular formula is C11H10BrN3. The van der Waals surface area contributed by atoms with Crippen LogP contribution in [0, 0.1) is 0 Å². The van der Waals surface area contributed by atoms with Crippen LogP contribution in [0.25, 0.3) is 0 Å². The van der Waals surface area contributed by atoms with E-state index in [1.807, 2.05) is 30.3 Å². The summed E-state index contributed by atoms with van der Waals surface area (Å²) < 4.78 is 1.05. The molecule has 76 valence electrons. The fourth-order valence-corrected chi connectivity index (χ4v) is 1.64. The first-order chi connectivity index (χ1) is 7.36. The summed E-state index contributed by atoms with van der Waals surface area (Å²) >= 11 is 3.47. The van der Waals surface area contributed by atoms with E-state index in [2.05, 4.69) is 31.2 Å². The van der Waals surface area contributed by atoms with Gasteiger partial charge in [0.05, 0.1) is 12.2 Å². The molecule has 1 heterocycles. The molecule has 0 unspecified atom stereocenters. The van der Waals surface area contributed by atoms with Gasteiger partial charge in [-0.05, 0) is 34.1 Å².